The van der Waals surface area contributed by atoms with Gasteiger partial charge in [-0.05, 0) is 52.9 Å². The molecule has 0 unspecified atom stereocenters. The summed E-state index contributed by atoms with van der Waals surface area (Å²) in [5.41, 5.74) is 7.60. The maximum atomic E-state index is 11.9. The molecule has 2 aromatic carbocycles. The molecule has 0 bridgehead atoms. The summed E-state index contributed by atoms with van der Waals surface area (Å²) < 4.78 is 5.65. The fourth-order valence-electron chi connectivity index (χ4n) is 1.75. The summed E-state index contributed by atoms with van der Waals surface area (Å²) in [5.74, 6) is -0.518. The number of hydrogen-bond donors (Lipinski definition) is 2. The van der Waals surface area contributed by atoms with Gasteiger partial charge in [-0.25, -0.2) is 4.79 Å². The molecule has 110 valence electrons. The first kappa shape index (κ1) is 16.2. The summed E-state index contributed by atoms with van der Waals surface area (Å²) in [7, 11) is 1.30. The molecular formula is C14H11Cl2IN2O2. The summed E-state index contributed by atoms with van der Waals surface area (Å²) in [4.78, 5) is 11.9. The predicted octanol–water partition coefficient (Wildman–Crippen LogP) is 4.71. The van der Waals surface area contributed by atoms with Gasteiger partial charge in [-0.3, -0.25) is 0 Å². The van der Waals surface area contributed by atoms with Crippen LogP contribution in [-0.2, 0) is 4.74 Å². The number of ether oxygens (including phenoxy) is 1. The number of carbonyl (C=O) groups excluding carboxylic acids is 1. The molecule has 7 heteroatoms. The van der Waals surface area contributed by atoms with E-state index in [1.54, 1.807) is 24.3 Å². The Morgan fingerprint density at radius 3 is 2.62 bits per heavy atom. The number of anilines is 3. The van der Waals surface area contributed by atoms with Crippen LogP contribution < -0.4 is 11.1 Å². The predicted molar refractivity (Wildman–Crippen MR) is 94.7 cm³/mol. The number of halogens is 3. The van der Waals surface area contributed by atoms with Crippen LogP contribution in [0.2, 0.25) is 10.0 Å². The lowest BCUT2D eigenvalue weighted by molar-refractivity contribution is 0.0602. The first-order chi connectivity index (χ1) is 9.92. The maximum absolute atomic E-state index is 11.9. The molecule has 0 aromatic heterocycles. The highest BCUT2D eigenvalue weighted by atomic mass is 127. The van der Waals surface area contributed by atoms with Crippen molar-refractivity contribution in [3.8, 4) is 0 Å². The van der Waals surface area contributed by atoms with Gasteiger partial charge in [-0.1, -0.05) is 23.2 Å². The third kappa shape index (κ3) is 3.72. The zero-order valence-corrected chi connectivity index (χ0v) is 14.6. The monoisotopic (exact) mass is 436 g/mol. The zero-order chi connectivity index (χ0) is 15.6. The molecule has 4 nitrogen and oxygen atoms in total. The number of benzene rings is 2. The SMILES string of the molecule is COC(=O)c1cc(N)cc(Cl)c1Nc1ccc(Cl)cc1I. The lowest BCUT2D eigenvalue weighted by atomic mass is 10.1. The second-order valence-electron chi connectivity index (χ2n) is 4.17. The molecule has 0 aliphatic carbocycles. The van der Waals surface area contributed by atoms with E-state index in [1.165, 1.54) is 13.2 Å². The van der Waals surface area contributed by atoms with Gasteiger partial charge in [0.2, 0.25) is 0 Å². The molecule has 21 heavy (non-hydrogen) atoms. The minimum Gasteiger partial charge on any atom is -0.465 e. The largest absolute Gasteiger partial charge is 0.465 e. The van der Waals surface area contributed by atoms with Crippen LogP contribution in [-0.4, -0.2) is 13.1 Å². The first-order valence-electron chi connectivity index (χ1n) is 5.81. The van der Waals surface area contributed by atoms with E-state index in [4.69, 9.17) is 33.7 Å². The van der Waals surface area contributed by atoms with E-state index in [1.807, 2.05) is 0 Å². The van der Waals surface area contributed by atoms with Gasteiger partial charge >= 0.3 is 5.97 Å². The third-order valence-corrected chi connectivity index (χ3v) is 4.13. The summed E-state index contributed by atoms with van der Waals surface area (Å²) in [6.45, 7) is 0. The van der Waals surface area contributed by atoms with Crippen LogP contribution in [0.1, 0.15) is 10.4 Å². The highest BCUT2D eigenvalue weighted by Gasteiger charge is 2.17. The highest BCUT2D eigenvalue weighted by Crippen LogP contribution is 2.34. The van der Waals surface area contributed by atoms with Gasteiger partial charge in [0.1, 0.15) is 0 Å². The van der Waals surface area contributed by atoms with Crippen molar-refractivity contribution in [2.45, 2.75) is 0 Å². The smallest absolute Gasteiger partial charge is 0.340 e. The average molecular weight is 437 g/mol. The van der Waals surface area contributed by atoms with Crippen molar-refractivity contribution in [2.75, 3.05) is 18.2 Å². The van der Waals surface area contributed by atoms with Gasteiger partial charge in [-0.2, -0.15) is 0 Å². The Balaban J connectivity index is 2.50. The van der Waals surface area contributed by atoms with Crippen LogP contribution in [0, 0.1) is 3.57 Å². The van der Waals surface area contributed by atoms with E-state index in [-0.39, 0.29) is 5.56 Å². The number of hydrogen-bond acceptors (Lipinski definition) is 4. The molecule has 0 heterocycles. The minimum absolute atomic E-state index is 0.272. The van der Waals surface area contributed by atoms with E-state index in [0.717, 1.165) is 9.26 Å². The topological polar surface area (TPSA) is 64.3 Å². The van der Waals surface area contributed by atoms with E-state index in [2.05, 4.69) is 27.9 Å². The second kappa shape index (κ2) is 6.72. The van der Waals surface area contributed by atoms with Crippen molar-refractivity contribution in [3.63, 3.8) is 0 Å². The van der Waals surface area contributed by atoms with Gasteiger partial charge in [0.05, 0.1) is 29.1 Å². The van der Waals surface area contributed by atoms with Crippen LogP contribution in [0.5, 0.6) is 0 Å². The summed E-state index contributed by atoms with van der Waals surface area (Å²) >= 11 is 14.3. The second-order valence-corrected chi connectivity index (χ2v) is 6.17. The summed E-state index contributed by atoms with van der Waals surface area (Å²) in [6.07, 6.45) is 0. The van der Waals surface area contributed by atoms with Crippen LogP contribution in [0.15, 0.2) is 30.3 Å². The number of nitrogens with one attached hydrogen (secondary N) is 1. The molecule has 0 radical (unpaired) electrons. The van der Waals surface area contributed by atoms with E-state index in [9.17, 15) is 4.79 Å². The van der Waals surface area contributed by atoms with Crippen molar-refractivity contribution in [2.24, 2.45) is 0 Å². The van der Waals surface area contributed by atoms with Crippen molar-refractivity contribution < 1.29 is 9.53 Å². The molecule has 2 aromatic rings. The average Bonchev–Trinajstić information content (AvgIpc) is 2.42. The molecular weight excluding hydrogens is 426 g/mol. The van der Waals surface area contributed by atoms with Crippen LogP contribution in [0.4, 0.5) is 17.1 Å². The third-order valence-electron chi connectivity index (χ3n) is 2.71. The number of rotatable bonds is 3. The molecule has 0 saturated heterocycles. The number of nitrogen functional groups attached to an aromatic ring is 1. The molecule has 2 rings (SSSR count). The number of methoxy groups -OCH3 is 1. The summed E-state index contributed by atoms with van der Waals surface area (Å²) in [5, 5.41) is 4.09. The minimum atomic E-state index is -0.518. The number of nitrogens with two attached hydrogens (primary N) is 1. The van der Waals surface area contributed by atoms with Gasteiger partial charge < -0.3 is 15.8 Å². The Labute approximate surface area is 145 Å². The number of carbonyl (C=O) groups is 1. The van der Waals surface area contributed by atoms with Gasteiger partial charge in [0.25, 0.3) is 0 Å². The fourth-order valence-corrected chi connectivity index (χ4v) is 3.03. The fraction of sp³-hybridized carbons (Fsp3) is 0.0714. The lowest BCUT2D eigenvalue weighted by Crippen LogP contribution is -2.08. The summed E-state index contributed by atoms with van der Waals surface area (Å²) in [6, 6.07) is 8.43. The van der Waals surface area contributed by atoms with E-state index in [0.29, 0.717) is 21.4 Å². The van der Waals surface area contributed by atoms with Crippen LogP contribution >= 0.6 is 45.8 Å². The van der Waals surface area contributed by atoms with E-state index >= 15 is 0 Å². The van der Waals surface area contributed by atoms with Crippen molar-refractivity contribution >= 4 is 68.8 Å². The zero-order valence-electron chi connectivity index (χ0n) is 10.9. The van der Waals surface area contributed by atoms with Crippen molar-refractivity contribution in [1.82, 2.24) is 0 Å². The van der Waals surface area contributed by atoms with Crippen LogP contribution in [0.3, 0.4) is 0 Å². The maximum Gasteiger partial charge on any atom is 0.340 e. The first-order valence-corrected chi connectivity index (χ1v) is 7.65. The lowest BCUT2D eigenvalue weighted by Gasteiger charge is -2.15. The van der Waals surface area contributed by atoms with Crippen molar-refractivity contribution in [3.05, 3.63) is 49.5 Å². The molecule has 3 N–H and O–H groups in total. The normalized spacial score (nSPS) is 10.3. The molecule has 0 spiro atoms. The Morgan fingerprint density at radius 2 is 2.00 bits per heavy atom. The standard InChI is InChI=1S/C14H11Cl2IN2O2/c1-21-14(20)9-5-8(18)6-10(16)13(9)19-12-3-2-7(15)4-11(12)17/h2-6,19H,18H2,1H3. The molecule has 0 aliphatic heterocycles. The van der Waals surface area contributed by atoms with Gasteiger partial charge in [0, 0.05) is 14.3 Å². The van der Waals surface area contributed by atoms with Gasteiger partial charge in [0.15, 0.2) is 0 Å². The Morgan fingerprint density at radius 1 is 1.29 bits per heavy atom. The molecule has 0 amide bonds. The Bertz CT molecular complexity index is 708. The molecule has 0 atom stereocenters. The van der Waals surface area contributed by atoms with Crippen LogP contribution in [0.25, 0.3) is 0 Å². The quantitative estimate of drug-likeness (QED) is 0.415. The molecule has 0 fully saturated rings. The highest BCUT2D eigenvalue weighted by molar-refractivity contribution is 14.1. The molecule has 0 saturated carbocycles. The van der Waals surface area contributed by atoms with Gasteiger partial charge in [-0.15, -0.1) is 0 Å². The van der Waals surface area contributed by atoms with E-state index < -0.39 is 5.97 Å². The Hall–Kier alpha value is -1.18. The Kier molecular flexibility index (Phi) is 5.18. The molecule has 0 aliphatic rings. The van der Waals surface area contributed by atoms with Crippen molar-refractivity contribution in [1.29, 1.82) is 0 Å². The number of esters is 1.